The number of rotatable bonds is 1. The molecule has 0 saturated heterocycles. The summed E-state index contributed by atoms with van der Waals surface area (Å²) in [6.07, 6.45) is 0. The summed E-state index contributed by atoms with van der Waals surface area (Å²) in [7, 11) is 11.2. The van der Waals surface area contributed by atoms with E-state index in [0.717, 1.165) is 0 Å². The van der Waals surface area contributed by atoms with Crippen molar-refractivity contribution >= 4 is 54.8 Å². The van der Waals surface area contributed by atoms with Crippen LogP contribution in [0.2, 0.25) is 13.1 Å². The fourth-order valence-electron chi connectivity index (χ4n) is 4.98. The number of fused-ring (bicyclic) bond motifs is 4. The van der Waals surface area contributed by atoms with Crippen LogP contribution in [0.5, 0.6) is 0 Å². The third kappa shape index (κ3) is 8.15. The summed E-state index contributed by atoms with van der Waals surface area (Å²) in [5.41, 5.74) is 5.60. The molecule has 4 heteroatoms. The van der Waals surface area contributed by atoms with Crippen molar-refractivity contribution in [3.8, 4) is 11.1 Å². The Kier molecular flexibility index (Phi) is 10.8. The van der Waals surface area contributed by atoms with Crippen molar-refractivity contribution in [3.05, 3.63) is 120 Å². The van der Waals surface area contributed by atoms with Crippen LogP contribution >= 0.6 is 17.0 Å². The molecular weight excluding hydrogens is 647 g/mol. The van der Waals surface area contributed by atoms with Crippen molar-refractivity contribution in [3.63, 3.8) is 0 Å². The van der Waals surface area contributed by atoms with Crippen LogP contribution in [-0.4, -0.2) is 5.43 Å². The van der Waals surface area contributed by atoms with Crippen molar-refractivity contribution in [2.45, 2.75) is 65.5 Å². The van der Waals surface area contributed by atoms with E-state index in [-0.39, 0.29) is 16.3 Å². The van der Waals surface area contributed by atoms with E-state index in [9.17, 15) is 0 Å². The summed E-state index contributed by atoms with van der Waals surface area (Å²) in [6, 6.07) is 39.6. The second-order valence-corrected chi connectivity index (χ2v) is 36.2. The van der Waals surface area contributed by atoms with E-state index in [1.54, 1.807) is 0 Å². The second kappa shape index (κ2) is 13.8. The van der Waals surface area contributed by atoms with Gasteiger partial charge in [-0.3, -0.25) is 0 Å². The first-order valence-corrected chi connectivity index (χ1v) is 27.1. The Morgan fingerprint density at radius 2 is 1.07 bits per heavy atom. The van der Waals surface area contributed by atoms with Gasteiger partial charge in [-0.15, -0.1) is 86.4 Å². The maximum atomic E-state index is 5.62. The fraction of sp³-hybridized carbons (Fsp3) is 0.263. The maximum Gasteiger partial charge on any atom is -0.0623 e. The smallest absolute Gasteiger partial charge is 0.0623 e. The molecule has 0 heterocycles. The molecule has 0 N–H and O–H groups in total. The molecule has 0 aliphatic rings. The van der Waals surface area contributed by atoms with Crippen LogP contribution < -0.4 is 0 Å². The Balaban J connectivity index is 0.000000168. The summed E-state index contributed by atoms with van der Waals surface area (Å²) < 4.78 is 0. The van der Waals surface area contributed by atoms with Gasteiger partial charge in [0.2, 0.25) is 0 Å². The summed E-state index contributed by atoms with van der Waals surface area (Å²) in [6.45, 7) is 18.0. The molecule has 218 valence electrons. The van der Waals surface area contributed by atoms with Gasteiger partial charge in [-0.25, -0.2) is 0 Å². The van der Waals surface area contributed by atoms with Gasteiger partial charge in [0.15, 0.2) is 0 Å². The van der Waals surface area contributed by atoms with Crippen LogP contribution in [0.4, 0.5) is 0 Å². The van der Waals surface area contributed by atoms with Gasteiger partial charge in [0, 0.05) is 0 Å². The Morgan fingerprint density at radius 1 is 0.595 bits per heavy atom. The van der Waals surface area contributed by atoms with Crippen LogP contribution in [0, 0.1) is 0 Å². The second-order valence-electron chi connectivity index (χ2n) is 13.2. The molecule has 0 spiro atoms. The first-order valence-electron chi connectivity index (χ1n) is 14.6. The molecule has 0 atom stereocenters. The monoisotopic (exact) mass is 686 g/mol. The van der Waals surface area contributed by atoms with Gasteiger partial charge in [-0.1, -0.05) is 119 Å². The molecule has 0 aromatic heterocycles. The first-order chi connectivity index (χ1) is 19.8. The van der Waals surface area contributed by atoms with Gasteiger partial charge in [0.05, 0.1) is 0 Å². The van der Waals surface area contributed by atoms with E-state index in [1.807, 2.05) is 0 Å². The molecule has 6 rings (SSSR count). The number of hydrogen-bond donors (Lipinski definition) is 0. The zero-order valence-corrected chi connectivity index (χ0v) is 31.1. The molecule has 0 saturated carbocycles. The number of hydrogen-bond acceptors (Lipinski definition) is 0. The van der Waals surface area contributed by atoms with Crippen LogP contribution in [-0.2, 0) is 28.8 Å². The molecule has 0 fully saturated rings. The molecule has 0 unspecified atom stereocenters. The topological polar surface area (TPSA) is 0 Å². The van der Waals surface area contributed by atoms with Gasteiger partial charge < -0.3 is 0 Å². The van der Waals surface area contributed by atoms with E-state index >= 15 is 0 Å². The fourth-order valence-corrected chi connectivity index (χ4v) is 4.98. The number of benzene rings is 4. The Bertz CT molecular complexity index is 1740. The molecule has 42 heavy (non-hydrogen) atoms. The first kappa shape index (κ1) is 32.9. The SMILES string of the molecule is CC(C)(C)c1ccc2c(c1)[cH-]c1cc(C(C)(C)C)ccc12.C[Si](C)=[Zr]([Cl])[Cl].c1ccc(-c2c[cH-]c3ccccc23)cc1. The zero-order chi connectivity index (χ0) is 30.7. The predicted octanol–water partition coefficient (Wildman–Crippen LogP) is 12.7. The summed E-state index contributed by atoms with van der Waals surface area (Å²) in [4.78, 5) is 0. The van der Waals surface area contributed by atoms with Crippen LogP contribution in [0.1, 0.15) is 52.7 Å². The average Bonchev–Trinajstić information content (AvgIpc) is 3.54. The Hall–Kier alpha value is -1.96. The van der Waals surface area contributed by atoms with E-state index in [2.05, 4.69) is 164 Å². The minimum Gasteiger partial charge on any atom is -0.150 e. The maximum absolute atomic E-state index is 5.62. The quantitative estimate of drug-likeness (QED) is 0.119. The van der Waals surface area contributed by atoms with E-state index in [0.29, 0.717) is 0 Å². The predicted molar refractivity (Wildman–Crippen MR) is 189 cm³/mol. The molecule has 6 aromatic carbocycles. The molecule has 0 bridgehead atoms. The van der Waals surface area contributed by atoms with E-state index in [4.69, 9.17) is 17.0 Å². The van der Waals surface area contributed by atoms with Crippen molar-refractivity contribution in [2.24, 2.45) is 0 Å². The molecule has 0 radical (unpaired) electrons. The summed E-state index contributed by atoms with van der Waals surface area (Å²) in [5.74, 6) is 0. The molecular formula is C38H42Cl2SiZr-2. The third-order valence-electron chi connectivity index (χ3n) is 7.58. The van der Waals surface area contributed by atoms with Crippen molar-refractivity contribution in [1.82, 2.24) is 0 Å². The molecule has 6 aromatic rings. The third-order valence-corrected chi connectivity index (χ3v) is 27.3. The number of halogens is 2. The zero-order valence-electron chi connectivity index (χ0n) is 26.1. The van der Waals surface area contributed by atoms with E-state index in [1.165, 1.54) is 54.6 Å². The molecule has 0 nitrogen and oxygen atoms in total. The minimum absolute atomic E-state index is 0.203. The largest absolute Gasteiger partial charge is 0.150 e. The normalized spacial score (nSPS) is 11.6. The van der Waals surface area contributed by atoms with Crippen molar-refractivity contribution < 1.29 is 18.0 Å². The van der Waals surface area contributed by atoms with Gasteiger partial charge >= 0.3 is 53.5 Å². The standard InChI is InChI=1S/C21H25.C15H11.C2H6Si.2ClH.Zr/c1-20(2,3)16-7-9-18-14(12-16)11-15-13-17(21(4,5)6)8-10-19(15)18;1-2-6-12(7-3-1)15-11-10-13-8-4-5-9-14(13)15;1-3-2;;;/h7-13H,1-6H3;1-11H;1-2H3;2*1H;/q2*-1;;;;+2/p-2. The summed E-state index contributed by atoms with van der Waals surface area (Å²) in [5, 5.41) is 8.13. The summed E-state index contributed by atoms with van der Waals surface area (Å²) >= 11 is -1.65. The Labute approximate surface area is 267 Å². The van der Waals surface area contributed by atoms with Gasteiger partial charge in [0.25, 0.3) is 0 Å². The van der Waals surface area contributed by atoms with Gasteiger partial charge in [0.1, 0.15) is 0 Å². The van der Waals surface area contributed by atoms with Crippen molar-refractivity contribution in [2.75, 3.05) is 0 Å². The molecule has 0 aliphatic heterocycles. The van der Waals surface area contributed by atoms with Crippen LogP contribution in [0.3, 0.4) is 0 Å². The van der Waals surface area contributed by atoms with E-state index < -0.39 is 18.0 Å². The van der Waals surface area contributed by atoms with Gasteiger partial charge in [-0.05, 0) is 10.8 Å². The molecule has 0 aliphatic carbocycles. The van der Waals surface area contributed by atoms with Crippen molar-refractivity contribution in [1.29, 1.82) is 0 Å². The average molecular weight is 689 g/mol. The van der Waals surface area contributed by atoms with Crippen LogP contribution in [0.15, 0.2) is 109 Å². The Morgan fingerprint density at radius 3 is 1.55 bits per heavy atom. The van der Waals surface area contributed by atoms with Crippen LogP contribution in [0.25, 0.3) is 43.4 Å². The molecule has 0 amide bonds. The minimum atomic E-state index is -1.65. The van der Waals surface area contributed by atoms with Gasteiger partial charge in [-0.2, -0.15) is 0 Å².